The van der Waals surface area contributed by atoms with E-state index in [2.05, 4.69) is 67.2 Å². The molecule has 0 amide bonds. The molecule has 0 aliphatic heterocycles. The number of benzene rings is 1. The van der Waals surface area contributed by atoms with Crippen LogP contribution < -0.4 is 0 Å². The zero-order chi connectivity index (χ0) is 15.3. The summed E-state index contributed by atoms with van der Waals surface area (Å²) in [7, 11) is 0. The Hall–Kier alpha value is -1.99. The molecule has 0 N–H and O–H groups in total. The number of hydrogen-bond acceptors (Lipinski definition) is 1. The van der Waals surface area contributed by atoms with Gasteiger partial charge in [0.05, 0.1) is 0 Å². The second-order valence-corrected chi connectivity index (χ2v) is 5.97. The summed E-state index contributed by atoms with van der Waals surface area (Å²) in [5.41, 5.74) is 13.9. The summed E-state index contributed by atoms with van der Waals surface area (Å²) >= 11 is 0. The van der Waals surface area contributed by atoms with E-state index in [4.69, 9.17) is 5.53 Å². The maximum atomic E-state index is 8.32. The van der Waals surface area contributed by atoms with Gasteiger partial charge in [-0.3, -0.25) is 0 Å². The number of allylic oxidation sites excluding steroid dienone is 4. The van der Waals surface area contributed by atoms with Gasteiger partial charge in [-0.2, -0.15) is 0 Å². The van der Waals surface area contributed by atoms with Crippen molar-refractivity contribution in [2.45, 2.75) is 45.4 Å². The van der Waals surface area contributed by atoms with Crippen LogP contribution in [-0.2, 0) is 11.8 Å². The average molecular weight is 281 g/mol. The highest BCUT2D eigenvalue weighted by atomic mass is 15.1. The van der Waals surface area contributed by atoms with Crippen molar-refractivity contribution in [2.75, 3.05) is 6.54 Å². The highest BCUT2D eigenvalue weighted by Gasteiger charge is 2.30. The summed E-state index contributed by atoms with van der Waals surface area (Å²) in [6.07, 6.45) is 7.70. The Kier molecular flexibility index (Phi) is 4.87. The molecule has 1 aliphatic rings. The highest BCUT2D eigenvalue weighted by molar-refractivity contribution is 5.42. The molecule has 0 saturated carbocycles. The average Bonchev–Trinajstić information content (AvgIpc) is 2.47. The maximum Gasteiger partial charge on any atom is 0.0298 e. The third kappa shape index (κ3) is 3.56. The van der Waals surface area contributed by atoms with Crippen LogP contribution in [0.3, 0.4) is 0 Å². The first kappa shape index (κ1) is 15.4. The molecule has 3 heteroatoms. The summed E-state index contributed by atoms with van der Waals surface area (Å²) in [5.74, 6) is 0. The fourth-order valence-corrected chi connectivity index (χ4v) is 3.31. The molecule has 0 radical (unpaired) electrons. The Morgan fingerprint density at radius 1 is 1.24 bits per heavy atom. The Balaban J connectivity index is 2.24. The zero-order valence-electron chi connectivity index (χ0n) is 13.1. The minimum Gasteiger partial charge on any atom is -0.0936 e. The Morgan fingerprint density at radius 3 is 2.52 bits per heavy atom. The van der Waals surface area contributed by atoms with Gasteiger partial charge in [0, 0.05) is 16.9 Å². The molecule has 1 aliphatic carbocycles. The van der Waals surface area contributed by atoms with E-state index >= 15 is 0 Å². The predicted octanol–water partition coefficient (Wildman–Crippen LogP) is 5.48. The molecule has 0 aromatic heterocycles. The third-order valence-electron chi connectivity index (χ3n) is 4.30. The van der Waals surface area contributed by atoms with Crippen molar-refractivity contribution in [2.24, 2.45) is 5.11 Å². The predicted molar refractivity (Wildman–Crippen MR) is 88.3 cm³/mol. The highest BCUT2D eigenvalue weighted by Crippen LogP contribution is 2.40. The van der Waals surface area contributed by atoms with Crippen LogP contribution in [0, 0.1) is 0 Å². The van der Waals surface area contributed by atoms with E-state index < -0.39 is 0 Å². The van der Waals surface area contributed by atoms with E-state index in [1.165, 1.54) is 22.3 Å². The van der Waals surface area contributed by atoms with Gasteiger partial charge in [0.2, 0.25) is 0 Å². The van der Waals surface area contributed by atoms with Crippen LogP contribution in [0.2, 0.25) is 0 Å². The van der Waals surface area contributed by atoms with Crippen LogP contribution in [0.25, 0.3) is 10.4 Å². The molecule has 2 rings (SSSR count). The summed E-state index contributed by atoms with van der Waals surface area (Å²) in [6.45, 7) is 7.18. The molecule has 0 bridgehead atoms. The number of rotatable bonds is 5. The van der Waals surface area contributed by atoms with Crippen LogP contribution >= 0.6 is 0 Å². The molecule has 1 unspecified atom stereocenters. The van der Waals surface area contributed by atoms with Crippen molar-refractivity contribution in [3.8, 4) is 0 Å². The topological polar surface area (TPSA) is 48.8 Å². The second-order valence-electron chi connectivity index (χ2n) is 5.97. The van der Waals surface area contributed by atoms with Crippen molar-refractivity contribution in [3.63, 3.8) is 0 Å². The molecule has 1 atom stereocenters. The number of azide groups is 1. The van der Waals surface area contributed by atoms with Crippen molar-refractivity contribution in [1.82, 2.24) is 0 Å². The first-order valence-electron chi connectivity index (χ1n) is 7.56. The first-order valence-corrected chi connectivity index (χ1v) is 7.56. The van der Waals surface area contributed by atoms with Gasteiger partial charge in [0.1, 0.15) is 0 Å². The summed E-state index contributed by atoms with van der Waals surface area (Å²) < 4.78 is 0. The molecular formula is C18H23N3. The van der Waals surface area contributed by atoms with E-state index in [0.29, 0.717) is 6.54 Å². The zero-order valence-corrected chi connectivity index (χ0v) is 13.1. The number of hydrogen-bond donors (Lipinski definition) is 0. The quantitative estimate of drug-likeness (QED) is 0.389. The van der Waals surface area contributed by atoms with E-state index in [9.17, 15) is 0 Å². The lowest BCUT2D eigenvalue weighted by Gasteiger charge is -2.34. The summed E-state index contributed by atoms with van der Waals surface area (Å²) in [6, 6.07) is 8.79. The van der Waals surface area contributed by atoms with Crippen molar-refractivity contribution in [3.05, 3.63) is 69.1 Å². The van der Waals surface area contributed by atoms with Gasteiger partial charge in [-0.1, -0.05) is 59.6 Å². The fraction of sp³-hybridized carbons (Fsp3) is 0.444. The maximum absolute atomic E-state index is 8.32. The van der Waals surface area contributed by atoms with E-state index in [-0.39, 0.29) is 5.41 Å². The number of nitrogens with zero attached hydrogens (tertiary/aromatic N) is 3. The van der Waals surface area contributed by atoms with Crippen LogP contribution in [0.1, 0.15) is 44.7 Å². The minimum absolute atomic E-state index is 0.131. The fourth-order valence-electron chi connectivity index (χ4n) is 3.31. The Bertz CT molecular complexity index is 604. The van der Waals surface area contributed by atoms with E-state index in [1.807, 2.05) is 0 Å². The normalized spacial score (nSPS) is 21.3. The smallest absolute Gasteiger partial charge is 0.0298 e. The van der Waals surface area contributed by atoms with Gasteiger partial charge in [-0.25, -0.2) is 0 Å². The van der Waals surface area contributed by atoms with Gasteiger partial charge in [-0.05, 0) is 49.8 Å². The molecule has 110 valence electrons. The van der Waals surface area contributed by atoms with E-state index in [0.717, 1.165) is 19.3 Å². The standard InChI is InChI=1S/C18H23N3/c1-4-18(12-14(2)11-15(3)13-18)17-7-5-16(6-8-17)9-10-20-21-19/h5-8,11-12H,4,9-10,13H2,1-3H3. The monoisotopic (exact) mass is 281 g/mol. The molecule has 0 saturated heterocycles. The molecule has 21 heavy (non-hydrogen) atoms. The summed E-state index contributed by atoms with van der Waals surface area (Å²) in [4.78, 5) is 2.79. The van der Waals surface area contributed by atoms with Crippen LogP contribution in [0.5, 0.6) is 0 Å². The van der Waals surface area contributed by atoms with Crippen molar-refractivity contribution >= 4 is 0 Å². The lowest BCUT2D eigenvalue weighted by atomic mass is 9.70. The van der Waals surface area contributed by atoms with Gasteiger partial charge >= 0.3 is 0 Å². The van der Waals surface area contributed by atoms with Gasteiger partial charge in [0.15, 0.2) is 0 Å². The lowest BCUT2D eigenvalue weighted by molar-refractivity contribution is 0.501. The summed E-state index contributed by atoms with van der Waals surface area (Å²) in [5, 5.41) is 3.59. The van der Waals surface area contributed by atoms with Crippen molar-refractivity contribution < 1.29 is 0 Å². The first-order chi connectivity index (χ1) is 10.1. The third-order valence-corrected chi connectivity index (χ3v) is 4.30. The Morgan fingerprint density at radius 2 is 1.95 bits per heavy atom. The molecule has 0 heterocycles. The second kappa shape index (κ2) is 6.64. The lowest BCUT2D eigenvalue weighted by Crippen LogP contribution is -2.25. The van der Waals surface area contributed by atoms with Crippen molar-refractivity contribution in [1.29, 1.82) is 0 Å². The van der Waals surface area contributed by atoms with E-state index in [1.54, 1.807) is 0 Å². The minimum atomic E-state index is 0.131. The van der Waals surface area contributed by atoms with Gasteiger partial charge in [0.25, 0.3) is 0 Å². The molecule has 1 aromatic carbocycles. The van der Waals surface area contributed by atoms with Gasteiger partial charge in [-0.15, -0.1) is 0 Å². The molecular weight excluding hydrogens is 258 g/mol. The van der Waals surface area contributed by atoms with Crippen LogP contribution in [0.15, 0.2) is 52.7 Å². The molecule has 1 aromatic rings. The van der Waals surface area contributed by atoms with Gasteiger partial charge < -0.3 is 0 Å². The SMILES string of the molecule is CCC1(c2ccc(CCN=[N+]=[N-])cc2)C=C(C)C=C(C)C1. The van der Waals surface area contributed by atoms with Crippen LogP contribution in [0.4, 0.5) is 0 Å². The van der Waals surface area contributed by atoms with Crippen LogP contribution in [-0.4, -0.2) is 6.54 Å². The largest absolute Gasteiger partial charge is 0.0936 e. The molecule has 0 fully saturated rings. The molecule has 3 nitrogen and oxygen atoms in total. The Labute approximate surface area is 127 Å². The molecule has 0 spiro atoms.